The van der Waals surface area contributed by atoms with Crippen LogP contribution in [0.15, 0.2) is 48.8 Å². The summed E-state index contributed by atoms with van der Waals surface area (Å²) in [5.74, 6) is 0.446. The molecule has 144 valence electrons. The van der Waals surface area contributed by atoms with Gasteiger partial charge in [0.15, 0.2) is 0 Å². The van der Waals surface area contributed by atoms with Gasteiger partial charge < -0.3 is 15.5 Å². The summed E-state index contributed by atoms with van der Waals surface area (Å²) in [6.45, 7) is 4.05. The highest BCUT2D eigenvalue weighted by atomic mass is 32.1. The first-order valence-corrected chi connectivity index (χ1v) is 9.54. The first kappa shape index (κ1) is 18.5. The topological polar surface area (TPSA) is 80.3 Å². The summed E-state index contributed by atoms with van der Waals surface area (Å²) in [7, 11) is 2.14. The summed E-state index contributed by atoms with van der Waals surface area (Å²) in [6.07, 6.45) is 4.86. The Labute approximate surface area is 168 Å². The highest BCUT2D eigenvalue weighted by Crippen LogP contribution is 2.28. The molecule has 0 unspecified atom stereocenters. The lowest BCUT2D eigenvalue weighted by Crippen LogP contribution is -2.44. The maximum absolute atomic E-state index is 11.1. The van der Waals surface area contributed by atoms with Gasteiger partial charge in [0.25, 0.3) is 0 Å². The Kier molecular flexibility index (Phi) is 5.06. The number of hydrogen-bond donors (Lipinski definition) is 2. The van der Waals surface area contributed by atoms with Crippen molar-refractivity contribution >= 4 is 40.3 Å². The van der Waals surface area contributed by atoms with Crippen LogP contribution < -0.4 is 10.6 Å². The van der Waals surface area contributed by atoms with Gasteiger partial charge in [-0.25, -0.2) is 9.67 Å². The molecule has 1 aliphatic heterocycles. The number of aromatic nitrogens is 3. The van der Waals surface area contributed by atoms with Crippen molar-refractivity contribution in [3.8, 4) is 11.1 Å². The highest BCUT2D eigenvalue weighted by Gasteiger charge is 2.16. The number of rotatable bonds is 4. The summed E-state index contributed by atoms with van der Waals surface area (Å²) in [5.41, 5.74) is 8.27. The van der Waals surface area contributed by atoms with Crippen molar-refractivity contribution in [3.63, 3.8) is 0 Å². The minimum absolute atomic E-state index is 0.386. The molecule has 2 N–H and O–H groups in total. The van der Waals surface area contributed by atoms with Gasteiger partial charge in [-0.15, -0.1) is 12.6 Å². The SMILES string of the molecule is CN1CCN(c2cc(-c3ccc4c(cnn4/C(S)=C/C(N)=O)c3)ccn2)CC1. The molecule has 0 aliphatic carbocycles. The van der Waals surface area contributed by atoms with Crippen LogP contribution >= 0.6 is 12.6 Å². The zero-order valence-corrected chi connectivity index (χ0v) is 16.5. The average molecular weight is 395 g/mol. The molecule has 4 rings (SSSR count). The van der Waals surface area contributed by atoms with E-state index < -0.39 is 5.91 Å². The van der Waals surface area contributed by atoms with Gasteiger partial charge in [0, 0.05) is 43.8 Å². The minimum Gasteiger partial charge on any atom is -0.366 e. The number of likely N-dealkylation sites (N-methyl/N-ethyl adjacent to an activating group) is 1. The average Bonchev–Trinajstić information content (AvgIpc) is 3.11. The lowest BCUT2D eigenvalue weighted by molar-refractivity contribution is -0.113. The molecule has 7 nitrogen and oxygen atoms in total. The van der Waals surface area contributed by atoms with E-state index >= 15 is 0 Å². The first-order valence-electron chi connectivity index (χ1n) is 9.09. The molecule has 0 atom stereocenters. The molecule has 1 saturated heterocycles. The number of carbonyl (C=O) groups is 1. The van der Waals surface area contributed by atoms with E-state index in [-0.39, 0.29) is 0 Å². The van der Waals surface area contributed by atoms with Crippen LogP contribution in [0, 0.1) is 0 Å². The molecule has 0 radical (unpaired) electrons. The molecule has 1 amide bonds. The molecular formula is C20H22N6OS. The summed E-state index contributed by atoms with van der Waals surface area (Å²) >= 11 is 4.32. The number of nitrogens with two attached hydrogens (primary N) is 1. The van der Waals surface area contributed by atoms with E-state index in [1.165, 1.54) is 6.08 Å². The predicted molar refractivity (Wildman–Crippen MR) is 115 cm³/mol. The van der Waals surface area contributed by atoms with Gasteiger partial charge in [-0.1, -0.05) is 6.07 Å². The first-order chi connectivity index (χ1) is 13.5. The molecule has 3 aromatic rings. The van der Waals surface area contributed by atoms with E-state index in [0.717, 1.165) is 54.0 Å². The van der Waals surface area contributed by atoms with Crippen molar-refractivity contribution in [2.45, 2.75) is 0 Å². The van der Waals surface area contributed by atoms with Crippen molar-refractivity contribution in [3.05, 3.63) is 48.8 Å². The molecule has 8 heteroatoms. The van der Waals surface area contributed by atoms with Gasteiger partial charge in [-0.05, 0) is 42.4 Å². The fourth-order valence-electron chi connectivity index (χ4n) is 3.39. The number of thiol groups is 1. The minimum atomic E-state index is -0.557. The van der Waals surface area contributed by atoms with Crippen molar-refractivity contribution in [1.29, 1.82) is 0 Å². The normalized spacial score (nSPS) is 15.9. The summed E-state index contributed by atoms with van der Waals surface area (Å²) in [6, 6.07) is 10.2. The number of fused-ring (bicyclic) bond motifs is 1. The summed E-state index contributed by atoms with van der Waals surface area (Å²) in [4.78, 5) is 20.3. The maximum Gasteiger partial charge on any atom is 0.244 e. The lowest BCUT2D eigenvalue weighted by atomic mass is 10.0. The molecule has 0 saturated carbocycles. The predicted octanol–water partition coefficient (Wildman–Crippen LogP) is 2.06. The van der Waals surface area contributed by atoms with Crippen molar-refractivity contribution in [1.82, 2.24) is 19.7 Å². The zero-order valence-electron chi connectivity index (χ0n) is 15.6. The fourth-order valence-corrected chi connectivity index (χ4v) is 3.68. The van der Waals surface area contributed by atoms with Crippen LogP contribution in [-0.4, -0.2) is 58.8 Å². The second-order valence-electron chi connectivity index (χ2n) is 6.93. The number of piperazine rings is 1. The molecule has 1 fully saturated rings. The third kappa shape index (κ3) is 3.74. The standard InChI is InChI=1S/C20H22N6OS/c1-24-6-8-25(9-7-24)19-11-15(4-5-22-19)14-2-3-17-16(10-14)13-23-26(17)20(28)12-18(21)27/h2-5,10-13,28H,6-9H2,1H3,(H2,21,27)/b20-12-. The van der Waals surface area contributed by atoms with E-state index in [0.29, 0.717) is 5.03 Å². The number of benzene rings is 1. The number of pyridine rings is 1. The quantitative estimate of drug-likeness (QED) is 0.523. The van der Waals surface area contributed by atoms with Crippen LogP contribution in [0.4, 0.5) is 5.82 Å². The Morgan fingerprint density at radius 2 is 1.89 bits per heavy atom. The van der Waals surface area contributed by atoms with Gasteiger partial charge >= 0.3 is 0 Å². The second kappa shape index (κ2) is 7.65. The molecule has 0 bridgehead atoms. The maximum atomic E-state index is 11.1. The van der Waals surface area contributed by atoms with Crippen LogP contribution in [0.1, 0.15) is 0 Å². The number of nitrogens with zero attached hydrogens (tertiary/aromatic N) is 5. The Morgan fingerprint density at radius 1 is 1.14 bits per heavy atom. The van der Waals surface area contributed by atoms with Crippen molar-refractivity contribution in [2.75, 3.05) is 38.1 Å². The Hall–Kier alpha value is -2.84. The van der Waals surface area contributed by atoms with Gasteiger partial charge in [-0.3, -0.25) is 4.79 Å². The third-order valence-corrected chi connectivity index (χ3v) is 5.28. The van der Waals surface area contributed by atoms with Crippen LogP contribution in [0.25, 0.3) is 27.1 Å². The Morgan fingerprint density at radius 3 is 2.64 bits per heavy atom. The summed E-state index contributed by atoms with van der Waals surface area (Å²) < 4.78 is 1.59. The van der Waals surface area contributed by atoms with E-state index in [2.05, 4.69) is 51.7 Å². The summed E-state index contributed by atoms with van der Waals surface area (Å²) in [5, 5.41) is 5.66. The molecule has 28 heavy (non-hydrogen) atoms. The number of amides is 1. The van der Waals surface area contributed by atoms with E-state index in [1.54, 1.807) is 10.9 Å². The van der Waals surface area contributed by atoms with Crippen LogP contribution in [0.2, 0.25) is 0 Å². The van der Waals surface area contributed by atoms with Crippen molar-refractivity contribution < 1.29 is 4.79 Å². The molecule has 0 spiro atoms. The van der Waals surface area contributed by atoms with Crippen LogP contribution in [0.3, 0.4) is 0 Å². The number of primary amides is 1. The number of carbonyl (C=O) groups excluding carboxylic acids is 1. The largest absolute Gasteiger partial charge is 0.366 e. The van der Waals surface area contributed by atoms with Gasteiger partial charge in [-0.2, -0.15) is 5.10 Å². The number of anilines is 1. The fraction of sp³-hybridized carbons (Fsp3) is 0.250. The molecule has 2 aromatic heterocycles. The molecule has 1 aromatic carbocycles. The Balaban J connectivity index is 1.65. The van der Waals surface area contributed by atoms with Crippen molar-refractivity contribution in [2.24, 2.45) is 5.73 Å². The van der Waals surface area contributed by atoms with Gasteiger partial charge in [0.05, 0.1) is 11.7 Å². The van der Waals surface area contributed by atoms with Gasteiger partial charge in [0.1, 0.15) is 10.8 Å². The smallest absolute Gasteiger partial charge is 0.244 e. The molecular weight excluding hydrogens is 372 g/mol. The lowest BCUT2D eigenvalue weighted by Gasteiger charge is -2.33. The van der Waals surface area contributed by atoms with E-state index in [1.807, 2.05) is 24.4 Å². The third-order valence-electron chi connectivity index (χ3n) is 4.96. The zero-order chi connectivity index (χ0) is 19.7. The second-order valence-corrected chi connectivity index (χ2v) is 7.39. The molecule has 3 heterocycles. The number of hydrogen-bond acceptors (Lipinski definition) is 6. The highest BCUT2D eigenvalue weighted by molar-refractivity contribution is 7.90. The van der Waals surface area contributed by atoms with Crippen LogP contribution in [0.5, 0.6) is 0 Å². The van der Waals surface area contributed by atoms with Gasteiger partial charge in [0.2, 0.25) is 5.91 Å². The monoisotopic (exact) mass is 394 g/mol. The van der Waals surface area contributed by atoms with E-state index in [4.69, 9.17) is 5.73 Å². The van der Waals surface area contributed by atoms with Crippen LogP contribution in [-0.2, 0) is 4.79 Å². The Bertz CT molecular complexity index is 1050. The molecule has 1 aliphatic rings. The van der Waals surface area contributed by atoms with E-state index in [9.17, 15) is 4.79 Å².